The fourth-order valence-corrected chi connectivity index (χ4v) is 2.18. The number of rotatable bonds is 7. The second kappa shape index (κ2) is 8.41. The Morgan fingerprint density at radius 2 is 1.77 bits per heavy atom. The summed E-state index contributed by atoms with van der Waals surface area (Å²) >= 11 is 0. The van der Waals surface area contributed by atoms with E-state index in [0.29, 0.717) is 12.3 Å². The van der Waals surface area contributed by atoms with Crippen molar-refractivity contribution >= 4 is 11.8 Å². The number of carbonyl (C=O) groups is 2. The molecule has 0 aromatic heterocycles. The molecule has 0 unspecified atom stereocenters. The molecule has 1 rings (SSSR count). The van der Waals surface area contributed by atoms with Gasteiger partial charge in [0, 0.05) is 14.1 Å². The Morgan fingerprint density at radius 3 is 2.23 bits per heavy atom. The summed E-state index contributed by atoms with van der Waals surface area (Å²) in [5.74, 6) is 0.864. The number of hydrogen-bond donors (Lipinski definition) is 1. The van der Waals surface area contributed by atoms with Crippen LogP contribution in [0.2, 0.25) is 0 Å². The van der Waals surface area contributed by atoms with Crippen LogP contribution in [0.15, 0.2) is 24.3 Å². The average molecular weight is 306 g/mol. The molecule has 0 spiro atoms. The van der Waals surface area contributed by atoms with Gasteiger partial charge in [-0.25, -0.2) is 0 Å². The van der Waals surface area contributed by atoms with E-state index in [4.69, 9.17) is 4.74 Å². The minimum absolute atomic E-state index is 0.0724. The largest absolute Gasteiger partial charge is 0.497 e. The molecule has 122 valence electrons. The minimum atomic E-state index is -0.472. The molecule has 5 heteroatoms. The third-order valence-electron chi connectivity index (χ3n) is 3.30. The second-order valence-electron chi connectivity index (χ2n) is 6.01. The van der Waals surface area contributed by atoms with Crippen LogP contribution < -0.4 is 10.1 Å². The Morgan fingerprint density at radius 1 is 1.18 bits per heavy atom. The zero-order valence-electron chi connectivity index (χ0n) is 14.1. The van der Waals surface area contributed by atoms with Gasteiger partial charge in [0.25, 0.3) is 0 Å². The molecule has 0 aliphatic heterocycles. The summed E-state index contributed by atoms with van der Waals surface area (Å²) < 4.78 is 5.09. The molecule has 22 heavy (non-hydrogen) atoms. The molecule has 2 amide bonds. The summed E-state index contributed by atoms with van der Waals surface area (Å²) in [4.78, 5) is 25.8. The highest BCUT2D eigenvalue weighted by molar-refractivity contribution is 5.88. The van der Waals surface area contributed by atoms with Crippen LogP contribution in [-0.2, 0) is 16.0 Å². The first-order valence-electron chi connectivity index (χ1n) is 7.47. The maximum Gasteiger partial charge on any atom is 0.244 e. The highest BCUT2D eigenvalue weighted by atomic mass is 16.5. The fraction of sp³-hybridized carbons (Fsp3) is 0.529. The number of amides is 2. The molecule has 5 nitrogen and oxygen atoms in total. The van der Waals surface area contributed by atoms with Crippen molar-refractivity contribution in [1.29, 1.82) is 0 Å². The molecular formula is C17H26N2O3. The first-order chi connectivity index (χ1) is 10.3. The molecule has 1 N–H and O–H groups in total. The molecule has 1 atom stereocenters. The minimum Gasteiger partial charge on any atom is -0.497 e. The van der Waals surface area contributed by atoms with Crippen molar-refractivity contribution in [3.05, 3.63) is 29.8 Å². The van der Waals surface area contributed by atoms with Crippen LogP contribution in [0.1, 0.15) is 25.8 Å². The van der Waals surface area contributed by atoms with Crippen molar-refractivity contribution in [3.63, 3.8) is 0 Å². The van der Waals surface area contributed by atoms with Gasteiger partial charge in [0.15, 0.2) is 0 Å². The van der Waals surface area contributed by atoms with Crippen LogP contribution in [0, 0.1) is 5.92 Å². The van der Waals surface area contributed by atoms with Crippen LogP contribution in [0.25, 0.3) is 0 Å². The Labute approximate surface area is 132 Å². The van der Waals surface area contributed by atoms with Gasteiger partial charge in [0.2, 0.25) is 11.8 Å². The van der Waals surface area contributed by atoms with Gasteiger partial charge < -0.3 is 15.0 Å². The Balaban J connectivity index is 2.67. The van der Waals surface area contributed by atoms with E-state index in [-0.39, 0.29) is 18.2 Å². The third-order valence-corrected chi connectivity index (χ3v) is 3.30. The van der Waals surface area contributed by atoms with Crippen molar-refractivity contribution in [2.75, 3.05) is 21.2 Å². The smallest absolute Gasteiger partial charge is 0.244 e. The van der Waals surface area contributed by atoms with E-state index in [1.807, 2.05) is 38.1 Å². The number of nitrogens with one attached hydrogen (secondary N) is 1. The van der Waals surface area contributed by atoms with Gasteiger partial charge in [-0.3, -0.25) is 9.59 Å². The van der Waals surface area contributed by atoms with Crippen LogP contribution in [0.4, 0.5) is 0 Å². The van der Waals surface area contributed by atoms with Gasteiger partial charge in [-0.2, -0.15) is 0 Å². The summed E-state index contributed by atoms with van der Waals surface area (Å²) in [5.41, 5.74) is 0.888. The zero-order chi connectivity index (χ0) is 16.7. The number of likely N-dealkylation sites (N-methyl/N-ethyl adjacent to an activating group) is 1. The molecule has 1 aromatic rings. The molecular weight excluding hydrogens is 280 g/mol. The maximum atomic E-state index is 12.2. The lowest BCUT2D eigenvalue weighted by molar-refractivity contribution is -0.134. The highest BCUT2D eigenvalue weighted by Crippen LogP contribution is 2.12. The van der Waals surface area contributed by atoms with E-state index in [9.17, 15) is 9.59 Å². The molecule has 0 saturated heterocycles. The maximum absolute atomic E-state index is 12.2. The summed E-state index contributed by atoms with van der Waals surface area (Å²) in [6.07, 6.45) is 0.880. The number of nitrogens with zero attached hydrogens (tertiary/aromatic N) is 1. The normalized spacial score (nSPS) is 11.9. The van der Waals surface area contributed by atoms with Gasteiger partial charge in [-0.05, 0) is 30.0 Å². The van der Waals surface area contributed by atoms with Crippen molar-refractivity contribution in [3.8, 4) is 5.75 Å². The SMILES string of the molecule is COc1ccc(CC(=O)N[C@H](CC(C)C)C(=O)N(C)C)cc1. The Bertz CT molecular complexity index is 495. The topological polar surface area (TPSA) is 58.6 Å². The second-order valence-corrected chi connectivity index (χ2v) is 6.01. The van der Waals surface area contributed by atoms with E-state index < -0.39 is 6.04 Å². The summed E-state index contributed by atoms with van der Waals surface area (Å²) in [7, 11) is 5.00. The monoisotopic (exact) mass is 306 g/mol. The van der Waals surface area contributed by atoms with Crippen LogP contribution in [0.3, 0.4) is 0 Å². The number of benzene rings is 1. The standard InChI is InChI=1S/C17H26N2O3/c1-12(2)10-15(17(21)19(3)4)18-16(20)11-13-6-8-14(22-5)9-7-13/h6-9,12,15H,10-11H2,1-5H3,(H,18,20)/t15-/m1/s1. The molecule has 0 saturated carbocycles. The lowest BCUT2D eigenvalue weighted by atomic mass is 10.0. The molecule has 0 aliphatic rings. The number of ether oxygens (including phenoxy) is 1. The lowest BCUT2D eigenvalue weighted by Crippen LogP contribution is -2.47. The van der Waals surface area contributed by atoms with Crippen LogP contribution >= 0.6 is 0 Å². The van der Waals surface area contributed by atoms with Gasteiger partial charge in [0.1, 0.15) is 11.8 Å². The predicted octanol–water partition coefficient (Wildman–Crippen LogP) is 1.86. The predicted molar refractivity (Wildman–Crippen MR) is 86.8 cm³/mol. The highest BCUT2D eigenvalue weighted by Gasteiger charge is 2.23. The van der Waals surface area contributed by atoms with E-state index in [1.54, 1.807) is 21.2 Å². The molecule has 0 radical (unpaired) electrons. The molecule has 0 fully saturated rings. The fourth-order valence-electron chi connectivity index (χ4n) is 2.18. The van der Waals surface area contributed by atoms with Crippen LogP contribution in [0.5, 0.6) is 5.75 Å². The first kappa shape index (κ1) is 18.0. The summed E-state index contributed by atoms with van der Waals surface area (Å²) in [6.45, 7) is 4.07. The van der Waals surface area contributed by atoms with E-state index in [0.717, 1.165) is 11.3 Å². The Hall–Kier alpha value is -2.04. The quantitative estimate of drug-likeness (QED) is 0.836. The number of methoxy groups -OCH3 is 1. The van der Waals surface area contributed by atoms with Crippen molar-refractivity contribution in [2.45, 2.75) is 32.7 Å². The zero-order valence-corrected chi connectivity index (χ0v) is 14.1. The molecule has 0 heterocycles. The third kappa shape index (κ3) is 5.76. The molecule has 0 bridgehead atoms. The van der Waals surface area contributed by atoms with Gasteiger partial charge in [0.05, 0.1) is 13.5 Å². The average Bonchev–Trinajstić information content (AvgIpc) is 2.45. The Kier molecular flexibility index (Phi) is 6.89. The first-order valence-corrected chi connectivity index (χ1v) is 7.47. The van der Waals surface area contributed by atoms with Crippen molar-refractivity contribution in [1.82, 2.24) is 10.2 Å². The van der Waals surface area contributed by atoms with Crippen molar-refractivity contribution < 1.29 is 14.3 Å². The molecule has 1 aromatic carbocycles. The van der Waals surface area contributed by atoms with E-state index in [2.05, 4.69) is 5.32 Å². The summed E-state index contributed by atoms with van der Waals surface area (Å²) in [5, 5.41) is 2.85. The van der Waals surface area contributed by atoms with E-state index >= 15 is 0 Å². The summed E-state index contributed by atoms with van der Waals surface area (Å²) in [6, 6.07) is 6.87. The molecule has 0 aliphatic carbocycles. The lowest BCUT2D eigenvalue weighted by Gasteiger charge is -2.23. The van der Waals surface area contributed by atoms with Crippen LogP contribution in [-0.4, -0.2) is 44.0 Å². The van der Waals surface area contributed by atoms with E-state index in [1.165, 1.54) is 4.90 Å². The number of hydrogen-bond acceptors (Lipinski definition) is 3. The van der Waals surface area contributed by atoms with Gasteiger partial charge in [-0.15, -0.1) is 0 Å². The van der Waals surface area contributed by atoms with Crippen molar-refractivity contribution in [2.24, 2.45) is 5.92 Å². The number of carbonyl (C=O) groups excluding carboxylic acids is 2. The van der Waals surface area contributed by atoms with Gasteiger partial charge >= 0.3 is 0 Å². The van der Waals surface area contributed by atoms with Gasteiger partial charge in [-0.1, -0.05) is 26.0 Å².